The molecule has 122 valence electrons. The zero-order valence-electron chi connectivity index (χ0n) is 13.9. The molecule has 2 aromatic carbocycles. The van der Waals surface area contributed by atoms with Gasteiger partial charge in [-0.2, -0.15) is 13.5 Å². The fraction of sp³-hybridized carbons (Fsp3) is 0.278. The average molecular weight is 330 g/mol. The van der Waals surface area contributed by atoms with E-state index in [1.165, 1.54) is 22.3 Å². The molecule has 2 aromatic rings. The molecule has 23 heavy (non-hydrogen) atoms. The van der Waals surface area contributed by atoms with Crippen molar-refractivity contribution < 1.29 is 8.42 Å². The predicted molar refractivity (Wildman–Crippen MR) is 94.3 cm³/mol. The summed E-state index contributed by atoms with van der Waals surface area (Å²) in [5.41, 5.74) is 5.79. The number of benzene rings is 2. The topological polar surface area (TPSA) is 58.5 Å². The van der Waals surface area contributed by atoms with E-state index in [0.29, 0.717) is 6.42 Å². The molecule has 0 saturated carbocycles. The second-order valence-electron chi connectivity index (χ2n) is 5.80. The summed E-state index contributed by atoms with van der Waals surface area (Å²) in [6.45, 7) is 8.08. The van der Waals surface area contributed by atoms with Gasteiger partial charge in [-0.3, -0.25) is 0 Å². The van der Waals surface area contributed by atoms with Crippen molar-refractivity contribution in [3.05, 3.63) is 64.2 Å². The molecule has 0 aromatic heterocycles. The van der Waals surface area contributed by atoms with Crippen molar-refractivity contribution in [2.75, 3.05) is 0 Å². The Hall–Kier alpha value is -2.14. The van der Waals surface area contributed by atoms with Crippen molar-refractivity contribution >= 4 is 16.2 Å². The summed E-state index contributed by atoms with van der Waals surface area (Å²) in [4.78, 5) is 2.47. The smallest absolute Gasteiger partial charge is 0.200 e. The Labute approximate surface area is 138 Å². The van der Waals surface area contributed by atoms with Gasteiger partial charge < -0.3 is 0 Å². The normalized spacial score (nSPS) is 11.8. The molecule has 0 spiro atoms. The summed E-state index contributed by atoms with van der Waals surface area (Å²) in [5.74, 6) is 0. The van der Waals surface area contributed by atoms with Gasteiger partial charge >= 0.3 is 0 Å². The van der Waals surface area contributed by atoms with Gasteiger partial charge in [0, 0.05) is 12.6 Å². The number of rotatable bonds is 5. The Morgan fingerprint density at radius 1 is 0.957 bits per heavy atom. The molecule has 4 nitrogen and oxygen atoms in total. The van der Waals surface area contributed by atoms with Crippen molar-refractivity contribution in [2.45, 2.75) is 39.0 Å². The maximum absolute atomic E-state index is 12.1. The van der Waals surface area contributed by atoms with E-state index in [4.69, 9.17) is 0 Å². The van der Waals surface area contributed by atoms with E-state index in [9.17, 15) is 8.42 Å². The first-order chi connectivity index (χ1) is 10.8. The standard InChI is InChI=1S/C18H22N2O2S/c1-13-5-7-17(8-6-13)23(21,22)20-19-10-9-18-15(3)11-14(2)12-16(18)4/h5-8,10-12,20H,9H2,1-4H3. The number of hydrazone groups is 1. The molecule has 0 unspecified atom stereocenters. The summed E-state index contributed by atoms with van der Waals surface area (Å²) in [6.07, 6.45) is 2.19. The molecular weight excluding hydrogens is 308 g/mol. The number of hydrogen-bond donors (Lipinski definition) is 1. The molecule has 0 bridgehead atoms. The van der Waals surface area contributed by atoms with Crippen molar-refractivity contribution in [2.24, 2.45) is 5.10 Å². The highest BCUT2D eigenvalue weighted by atomic mass is 32.2. The maximum Gasteiger partial charge on any atom is 0.276 e. The Kier molecular flexibility index (Phi) is 5.21. The highest BCUT2D eigenvalue weighted by Gasteiger charge is 2.11. The number of sulfonamides is 1. The van der Waals surface area contributed by atoms with Crippen LogP contribution in [-0.4, -0.2) is 14.6 Å². The Morgan fingerprint density at radius 2 is 1.52 bits per heavy atom. The molecule has 0 aliphatic carbocycles. The Balaban J connectivity index is 2.06. The first kappa shape index (κ1) is 17.2. The third kappa shape index (κ3) is 4.42. The minimum absolute atomic E-state index is 0.211. The van der Waals surface area contributed by atoms with E-state index < -0.39 is 10.0 Å². The summed E-state index contributed by atoms with van der Waals surface area (Å²) >= 11 is 0. The molecule has 5 heteroatoms. The van der Waals surface area contributed by atoms with Crippen LogP contribution in [0.4, 0.5) is 0 Å². The van der Waals surface area contributed by atoms with E-state index in [2.05, 4.69) is 42.8 Å². The lowest BCUT2D eigenvalue weighted by molar-refractivity contribution is 0.584. The van der Waals surface area contributed by atoms with Gasteiger partial charge in [0.25, 0.3) is 10.0 Å². The second-order valence-corrected chi connectivity index (χ2v) is 7.46. The molecule has 1 N–H and O–H groups in total. The Morgan fingerprint density at radius 3 is 2.09 bits per heavy atom. The number of nitrogens with one attached hydrogen (secondary N) is 1. The lowest BCUT2D eigenvalue weighted by atomic mass is 9.98. The first-order valence-corrected chi connectivity index (χ1v) is 8.94. The van der Waals surface area contributed by atoms with Crippen molar-refractivity contribution in [3.63, 3.8) is 0 Å². The molecule has 0 fully saturated rings. The molecule has 0 aliphatic heterocycles. The fourth-order valence-corrected chi connectivity index (χ4v) is 3.36. The van der Waals surface area contributed by atoms with Gasteiger partial charge in [0.15, 0.2) is 0 Å². The fourth-order valence-electron chi connectivity index (χ4n) is 2.55. The van der Waals surface area contributed by atoms with Crippen LogP contribution in [0, 0.1) is 27.7 Å². The zero-order chi connectivity index (χ0) is 17.0. The lowest BCUT2D eigenvalue weighted by Crippen LogP contribution is -2.18. The number of aryl methyl sites for hydroxylation is 4. The highest BCUT2D eigenvalue weighted by molar-refractivity contribution is 7.89. The molecule has 0 amide bonds. The quantitative estimate of drug-likeness (QED) is 0.674. The minimum atomic E-state index is -3.61. The molecular formula is C18H22N2O2S. The number of nitrogens with zero attached hydrogens (tertiary/aromatic N) is 1. The van der Waals surface area contributed by atoms with E-state index in [0.717, 1.165) is 5.56 Å². The third-order valence-corrected chi connectivity index (χ3v) is 4.97. The summed E-state index contributed by atoms with van der Waals surface area (Å²) < 4.78 is 24.2. The monoisotopic (exact) mass is 330 g/mol. The zero-order valence-corrected chi connectivity index (χ0v) is 14.7. The van der Waals surface area contributed by atoms with Crippen LogP contribution in [0.3, 0.4) is 0 Å². The van der Waals surface area contributed by atoms with Gasteiger partial charge in [0.2, 0.25) is 0 Å². The van der Waals surface area contributed by atoms with Crippen LogP contribution in [-0.2, 0) is 16.4 Å². The van der Waals surface area contributed by atoms with Gasteiger partial charge in [0.1, 0.15) is 0 Å². The Bertz CT molecular complexity index is 800. The van der Waals surface area contributed by atoms with Crippen LogP contribution in [0.15, 0.2) is 46.4 Å². The first-order valence-electron chi connectivity index (χ1n) is 7.46. The maximum atomic E-state index is 12.1. The van der Waals surface area contributed by atoms with Crippen molar-refractivity contribution in [3.8, 4) is 0 Å². The van der Waals surface area contributed by atoms with Crippen LogP contribution in [0.5, 0.6) is 0 Å². The highest BCUT2D eigenvalue weighted by Crippen LogP contribution is 2.16. The lowest BCUT2D eigenvalue weighted by Gasteiger charge is -2.09. The minimum Gasteiger partial charge on any atom is -0.200 e. The van der Waals surface area contributed by atoms with Crippen LogP contribution < -0.4 is 4.83 Å². The summed E-state index contributed by atoms with van der Waals surface area (Å²) in [5, 5.41) is 3.88. The number of hydrogen-bond acceptors (Lipinski definition) is 3. The van der Waals surface area contributed by atoms with Gasteiger partial charge in [0.05, 0.1) is 4.90 Å². The average Bonchev–Trinajstić information content (AvgIpc) is 2.45. The van der Waals surface area contributed by atoms with E-state index in [-0.39, 0.29) is 4.90 Å². The van der Waals surface area contributed by atoms with Crippen molar-refractivity contribution in [1.29, 1.82) is 0 Å². The van der Waals surface area contributed by atoms with Crippen molar-refractivity contribution in [1.82, 2.24) is 4.83 Å². The molecule has 0 radical (unpaired) electrons. The second kappa shape index (κ2) is 6.96. The van der Waals surface area contributed by atoms with E-state index in [1.807, 2.05) is 6.92 Å². The van der Waals surface area contributed by atoms with Gasteiger partial charge in [-0.15, -0.1) is 0 Å². The molecule has 2 rings (SSSR count). The van der Waals surface area contributed by atoms with Gasteiger partial charge in [-0.05, 0) is 56.5 Å². The van der Waals surface area contributed by atoms with E-state index in [1.54, 1.807) is 30.5 Å². The SMILES string of the molecule is Cc1ccc(S(=O)(=O)NN=CCc2c(C)cc(C)cc2C)cc1. The van der Waals surface area contributed by atoms with Gasteiger partial charge in [-0.1, -0.05) is 35.4 Å². The predicted octanol–water partition coefficient (Wildman–Crippen LogP) is 3.43. The molecule has 0 aliphatic rings. The van der Waals surface area contributed by atoms with Crippen LogP contribution in [0.2, 0.25) is 0 Å². The van der Waals surface area contributed by atoms with E-state index >= 15 is 0 Å². The summed E-state index contributed by atoms with van der Waals surface area (Å²) in [7, 11) is -3.61. The molecule has 0 heterocycles. The molecule has 0 saturated heterocycles. The van der Waals surface area contributed by atoms with Crippen LogP contribution in [0.25, 0.3) is 0 Å². The summed E-state index contributed by atoms with van der Waals surface area (Å²) in [6, 6.07) is 10.9. The van der Waals surface area contributed by atoms with Crippen LogP contribution in [0.1, 0.15) is 27.8 Å². The van der Waals surface area contributed by atoms with Gasteiger partial charge in [-0.25, -0.2) is 4.83 Å². The largest absolute Gasteiger partial charge is 0.276 e. The third-order valence-electron chi connectivity index (χ3n) is 3.73. The molecule has 0 atom stereocenters. The van der Waals surface area contributed by atoms with Crippen LogP contribution >= 0.6 is 0 Å².